The number of amides is 1. The molecule has 1 aromatic rings. The van der Waals surface area contributed by atoms with E-state index < -0.39 is 23.5 Å². The van der Waals surface area contributed by atoms with Crippen molar-refractivity contribution >= 4 is 17.6 Å². The third kappa shape index (κ3) is 2.09. The van der Waals surface area contributed by atoms with Crippen molar-refractivity contribution in [3.63, 3.8) is 0 Å². The van der Waals surface area contributed by atoms with Crippen LogP contribution in [0.2, 0.25) is 0 Å². The molecule has 1 heterocycles. The highest BCUT2D eigenvalue weighted by atomic mass is 16.5. The first-order valence-electron chi connectivity index (χ1n) is 5.82. The van der Waals surface area contributed by atoms with Gasteiger partial charge in [0.05, 0.1) is 5.69 Å². The number of hydrogen-bond acceptors (Lipinski definition) is 4. The number of carbonyl (C=O) groups is 2. The van der Waals surface area contributed by atoms with Crippen LogP contribution in [0.3, 0.4) is 0 Å². The Hall–Kier alpha value is -2.24. The zero-order valence-electron chi connectivity index (χ0n) is 10.9. The highest BCUT2D eigenvalue weighted by molar-refractivity contribution is 6.06. The van der Waals surface area contributed by atoms with Crippen LogP contribution in [-0.4, -0.2) is 33.7 Å². The van der Waals surface area contributed by atoms with Crippen molar-refractivity contribution in [3.8, 4) is 11.5 Å². The summed E-state index contributed by atoms with van der Waals surface area (Å²) in [6.45, 7) is 4.56. The van der Waals surface area contributed by atoms with Gasteiger partial charge >= 0.3 is 5.97 Å². The lowest BCUT2D eigenvalue weighted by molar-refractivity contribution is -0.142. The number of nitrogens with zero attached hydrogens (tertiary/aromatic N) is 1. The number of phenols is 1. The minimum atomic E-state index is -1.15. The lowest BCUT2D eigenvalue weighted by Crippen LogP contribution is -2.57. The first-order chi connectivity index (χ1) is 8.74. The Morgan fingerprint density at radius 1 is 1.42 bits per heavy atom. The number of ether oxygens (including phenoxy) is 1. The Labute approximate surface area is 110 Å². The number of anilines is 1. The van der Waals surface area contributed by atoms with Crippen molar-refractivity contribution in [3.05, 3.63) is 18.2 Å². The van der Waals surface area contributed by atoms with Crippen LogP contribution in [0.15, 0.2) is 18.2 Å². The molecule has 0 radical (unpaired) electrons. The van der Waals surface area contributed by atoms with Gasteiger partial charge in [-0.05, 0) is 32.9 Å². The molecule has 1 aromatic carbocycles. The molecule has 0 fully saturated rings. The molecule has 0 aromatic heterocycles. The molecule has 0 aliphatic carbocycles. The van der Waals surface area contributed by atoms with Crippen molar-refractivity contribution < 1.29 is 24.5 Å². The van der Waals surface area contributed by atoms with Gasteiger partial charge in [-0.1, -0.05) is 0 Å². The van der Waals surface area contributed by atoms with Crippen LogP contribution < -0.4 is 9.64 Å². The van der Waals surface area contributed by atoms with E-state index in [1.165, 1.54) is 25.1 Å². The zero-order valence-corrected chi connectivity index (χ0v) is 10.9. The summed E-state index contributed by atoms with van der Waals surface area (Å²) >= 11 is 0. The average molecular weight is 265 g/mol. The molecule has 0 saturated heterocycles. The van der Waals surface area contributed by atoms with Crippen molar-refractivity contribution in [2.75, 3.05) is 4.90 Å². The van der Waals surface area contributed by atoms with Gasteiger partial charge in [0.1, 0.15) is 17.5 Å². The molecule has 1 aliphatic rings. The standard InChI is InChI=1S/C13H15NO5/c1-7(11(16)17)14-9-6-8(15)4-5-10(9)19-13(2,3)12(14)18/h4-7,15H,1-3H3,(H,16,17). The first-order valence-corrected chi connectivity index (χ1v) is 5.82. The summed E-state index contributed by atoms with van der Waals surface area (Å²) in [4.78, 5) is 24.6. The molecule has 0 saturated carbocycles. The molecular formula is C13H15NO5. The molecule has 6 heteroatoms. The van der Waals surface area contributed by atoms with Gasteiger partial charge in [-0.25, -0.2) is 4.79 Å². The number of aliphatic carboxylic acids is 1. The van der Waals surface area contributed by atoms with Gasteiger partial charge < -0.3 is 14.9 Å². The maximum absolute atomic E-state index is 12.3. The van der Waals surface area contributed by atoms with Crippen molar-refractivity contribution in [1.29, 1.82) is 0 Å². The Morgan fingerprint density at radius 2 is 2.05 bits per heavy atom. The number of rotatable bonds is 2. The average Bonchev–Trinajstić information content (AvgIpc) is 2.31. The van der Waals surface area contributed by atoms with E-state index in [1.54, 1.807) is 13.8 Å². The second kappa shape index (κ2) is 4.15. The number of carboxylic acid groups (broad SMARTS) is 1. The lowest BCUT2D eigenvalue weighted by Gasteiger charge is -2.40. The second-order valence-corrected chi connectivity index (χ2v) is 4.95. The summed E-state index contributed by atoms with van der Waals surface area (Å²) in [7, 11) is 0. The maximum Gasteiger partial charge on any atom is 0.326 e. The third-order valence-electron chi connectivity index (χ3n) is 3.05. The van der Waals surface area contributed by atoms with Crippen molar-refractivity contribution in [2.45, 2.75) is 32.4 Å². The number of benzene rings is 1. The number of phenolic OH excluding ortho intramolecular Hbond substituents is 1. The second-order valence-electron chi connectivity index (χ2n) is 4.95. The summed E-state index contributed by atoms with van der Waals surface area (Å²) in [5.41, 5.74) is -0.882. The van der Waals surface area contributed by atoms with E-state index in [1.807, 2.05) is 0 Å². The van der Waals surface area contributed by atoms with Crippen LogP contribution in [0, 0.1) is 0 Å². The largest absolute Gasteiger partial charge is 0.508 e. The summed E-state index contributed by atoms with van der Waals surface area (Å²) in [6.07, 6.45) is 0. The number of aromatic hydroxyl groups is 1. The molecule has 6 nitrogen and oxygen atoms in total. The van der Waals surface area contributed by atoms with Gasteiger partial charge in [0.15, 0.2) is 5.60 Å². The quantitative estimate of drug-likeness (QED) is 0.843. The third-order valence-corrected chi connectivity index (χ3v) is 3.05. The zero-order chi connectivity index (χ0) is 14.4. The predicted octanol–water partition coefficient (Wildman–Crippen LogP) is 1.37. The van der Waals surface area contributed by atoms with Crippen molar-refractivity contribution in [1.82, 2.24) is 0 Å². The predicted molar refractivity (Wildman–Crippen MR) is 67.4 cm³/mol. The fourth-order valence-electron chi connectivity index (χ4n) is 1.99. The summed E-state index contributed by atoms with van der Waals surface area (Å²) in [5, 5.41) is 18.6. The summed E-state index contributed by atoms with van der Waals surface area (Å²) < 4.78 is 5.55. The molecule has 1 unspecified atom stereocenters. The van der Waals surface area contributed by atoms with Gasteiger partial charge in [0.25, 0.3) is 5.91 Å². The minimum absolute atomic E-state index is 0.0579. The molecule has 0 bridgehead atoms. The van der Waals surface area contributed by atoms with Gasteiger partial charge in [0.2, 0.25) is 0 Å². The van der Waals surface area contributed by atoms with E-state index >= 15 is 0 Å². The number of fused-ring (bicyclic) bond motifs is 1. The molecule has 1 aliphatic heterocycles. The van der Waals surface area contributed by atoms with E-state index in [0.29, 0.717) is 5.75 Å². The minimum Gasteiger partial charge on any atom is -0.508 e. The highest BCUT2D eigenvalue weighted by Crippen LogP contribution is 2.40. The number of carbonyl (C=O) groups excluding carboxylic acids is 1. The van der Waals surface area contributed by atoms with Crippen LogP contribution in [0.1, 0.15) is 20.8 Å². The summed E-state index contributed by atoms with van der Waals surface area (Å²) in [5.74, 6) is -1.27. The van der Waals surface area contributed by atoms with E-state index in [-0.39, 0.29) is 11.4 Å². The number of hydrogen-bond donors (Lipinski definition) is 2. The van der Waals surface area contributed by atoms with Gasteiger partial charge in [-0.2, -0.15) is 0 Å². The normalized spacial score (nSPS) is 18.5. The summed E-state index contributed by atoms with van der Waals surface area (Å²) in [6, 6.07) is 3.22. The van der Waals surface area contributed by atoms with Gasteiger partial charge in [0, 0.05) is 6.07 Å². The Kier molecular flexibility index (Phi) is 2.88. The van der Waals surface area contributed by atoms with E-state index in [0.717, 1.165) is 4.90 Å². The van der Waals surface area contributed by atoms with Gasteiger partial charge in [-0.3, -0.25) is 9.69 Å². The Morgan fingerprint density at radius 3 is 2.63 bits per heavy atom. The van der Waals surface area contributed by atoms with Crippen molar-refractivity contribution in [2.24, 2.45) is 0 Å². The SMILES string of the molecule is CC(C(=O)O)N1C(=O)C(C)(C)Oc2ccc(O)cc21. The van der Waals surface area contributed by atoms with E-state index in [9.17, 15) is 14.7 Å². The fourth-order valence-corrected chi connectivity index (χ4v) is 1.99. The lowest BCUT2D eigenvalue weighted by atomic mass is 10.0. The topological polar surface area (TPSA) is 87.1 Å². The van der Waals surface area contributed by atoms with Crippen LogP contribution in [0.25, 0.3) is 0 Å². The van der Waals surface area contributed by atoms with Gasteiger partial charge in [-0.15, -0.1) is 0 Å². The highest BCUT2D eigenvalue weighted by Gasteiger charge is 2.44. The molecule has 2 N–H and O–H groups in total. The maximum atomic E-state index is 12.3. The van der Waals surface area contributed by atoms with E-state index in [2.05, 4.69) is 0 Å². The van der Waals surface area contributed by atoms with Crippen LogP contribution >= 0.6 is 0 Å². The Balaban J connectivity index is 2.60. The Bertz CT molecular complexity index is 552. The number of carboxylic acids is 1. The smallest absolute Gasteiger partial charge is 0.326 e. The van der Waals surface area contributed by atoms with Crippen LogP contribution in [0.4, 0.5) is 5.69 Å². The molecule has 1 amide bonds. The molecular weight excluding hydrogens is 250 g/mol. The first kappa shape index (κ1) is 13.2. The fraction of sp³-hybridized carbons (Fsp3) is 0.385. The van der Waals surface area contributed by atoms with Crippen LogP contribution in [0.5, 0.6) is 11.5 Å². The molecule has 0 spiro atoms. The molecule has 102 valence electrons. The molecule has 1 atom stereocenters. The van der Waals surface area contributed by atoms with Crippen LogP contribution in [-0.2, 0) is 9.59 Å². The van der Waals surface area contributed by atoms with E-state index in [4.69, 9.17) is 9.84 Å². The monoisotopic (exact) mass is 265 g/mol. The molecule has 2 rings (SSSR count). The molecule has 19 heavy (non-hydrogen) atoms.